The van der Waals surface area contributed by atoms with Crippen LogP contribution in [0.25, 0.3) is 0 Å². The van der Waals surface area contributed by atoms with Crippen LogP contribution < -0.4 is 0 Å². The van der Waals surface area contributed by atoms with E-state index < -0.39 is 0 Å². The fourth-order valence-corrected chi connectivity index (χ4v) is 3.28. The van der Waals surface area contributed by atoms with Crippen molar-refractivity contribution < 1.29 is 0 Å². The summed E-state index contributed by atoms with van der Waals surface area (Å²) in [5.41, 5.74) is 7.26. The van der Waals surface area contributed by atoms with Gasteiger partial charge in [0, 0.05) is 0 Å². The lowest BCUT2D eigenvalue weighted by atomic mass is 9.85. The number of hydrogen-bond acceptors (Lipinski definition) is 0. The third-order valence-corrected chi connectivity index (χ3v) is 4.90. The monoisotopic (exact) mass is 278 g/mol. The van der Waals surface area contributed by atoms with Gasteiger partial charge in [-0.3, -0.25) is 0 Å². The molecule has 110 valence electrons. The Kier molecular flexibility index (Phi) is 4.43. The molecule has 21 heavy (non-hydrogen) atoms. The number of hydrogen-bond donors (Lipinski definition) is 0. The van der Waals surface area contributed by atoms with Crippen molar-refractivity contribution in [2.75, 3.05) is 0 Å². The molecule has 0 heterocycles. The topological polar surface area (TPSA) is 0 Å². The van der Waals surface area contributed by atoms with E-state index in [1.54, 1.807) is 0 Å². The number of allylic oxidation sites excluding steroid dienone is 11. The normalized spacial score (nSPS) is 22.5. The van der Waals surface area contributed by atoms with Crippen LogP contribution in [0, 0.1) is 5.92 Å². The van der Waals surface area contributed by atoms with Crippen LogP contribution in [0.2, 0.25) is 0 Å². The van der Waals surface area contributed by atoms with Crippen LogP contribution in [-0.2, 0) is 0 Å². The molecule has 0 saturated heterocycles. The first-order valence-corrected chi connectivity index (χ1v) is 8.38. The second-order valence-electron chi connectivity index (χ2n) is 6.48. The highest BCUT2D eigenvalue weighted by atomic mass is 14.3. The minimum absolute atomic E-state index is 0.933. The summed E-state index contributed by atoms with van der Waals surface area (Å²) >= 11 is 0. The van der Waals surface area contributed by atoms with Crippen LogP contribution in [0.4, 0.5) is 0 Å². The maximum atomic E-state index is 4.38. The van der Waals surface area contributed by atoms with Gasteiger partial charge in [0.1, 0.15) is 0 Å². The molecule has 0 amide bonds. The molecule has 0 aromatic carbocycles. The zero-order valence-corrected chi connectivity index (χ0v) is 13.2. The van der Waals surface area contributed by atoms with Crippen molar-refractivity contribution >= 4 is 0 Å². The average Bonchev–Trinajstić information content (AvgIpc) is 3.37. The molecule has 0 heteroatoms. The van der Waals surface area contributed by atoms with E-state index >= 15 is 0 Å². The Morgan fingerprint density at radius 3 is 2.52 bits per heavy atom. The van der Waals surface area contributed by atoms with Crippen molar-refractivity contribution in [3.63, 3.8) is 0 Å². The molecule has 0 radical (unpaired) electrons. The average molecular weight is 278 g/mol. The van der Waals surface area contributed by atoms with E-state index in [-0.39, 0.29) is 0 Å². The summed E-state index contributed by atoms with van der Waals surface area (Å²) in [6.45, 7) is 6.54. The highest BCUT2D eigenvalue weighted by Crippen LogP contribution is 2.39. The Hall–Kier alpha value is -1.56. The minimum Gasteiger partial charge on any atom is -0.0912 e. The van der Waals surface area contributed by atoms with Crippen LogP contribution in [0.3, 0.4) is 0 Å². The molecule has 1 fully saturated rings. The first kappa shape index (κ1) is 14.4. The summed E-state index contributed by atoms with van der Waals surface area (Å²) < 4.78 is 0. The molecule has 0 atom stereocenters. The Labute approximate surface area is 129 Å². The fourth-order valence-electron chi connectivity index (χ4n) is 3.28. The highest BCUT2D eigenvalue weighted by Gasteiger charge is 2.24. The first-order chi connectivity index (χ1) is 10.3. The smallest absolute Gasteiger partial charge is 0.0232 e. The van der Waals surface area contributed by atoms with Crippen LogP contribution in [-0.4, -0.2) is 0 Å². The maximum Gasteiger partial charge on any atom is -0.0232 e. The number of rotatable bonds is 5. The lowest BCUT2D eigenvalue weighted by Gasteiger charge is -2.21. The van der Waals surface area contributed by atoms with E-state index in [2.05, 4.69) is 50.0 Å². The predicted molar refractivity (Wildman–Crippen MR) is 92.1 cm³/mol. The zero-order valence-electron chi connectivity index (χ0n) is 13.2. The van der Waals surface area contributed by atoms with Gasteiger partial charge in [0.15, 0.2) is 0 Å². The SMILES string of the molecule is C=C(C1=CC=C(C2=CC=CCC2)CC1)C(=CC)CC1CC1. The van der Waals surface area contributed by atoms with Gasteiger partial charge in [-0.15, -0.1) is 0 Å². The molecule has 0 bridgehead atoms. The third kappa shape index (κ3) is 3.56. The van der Waals surface area contributed by atoms with E-state index in [1.807, 2.05) is 0 Å². The summed E-state index contributed by atoms with van der Waals surface area (Å²) in [7, 11) is 0. The Morgan fingerprint density at radius 2 is 1.95 bits per heavy atom. The zero-order chi connectivity index (χ0) is 14.7. The van der Waals surface area contributed by atoms with Gasteiger partial charge in [0.2, 0.25) is 0 Å². The lowest BCUT2D eigenvalue weighted by molar-refractivity contribution is 0.816. The summed E-state index contributed by atoms with van der Waals surface area (Å²) in [4.78, 5) is 0. The van der Waals surface area contributed by atoms with Gasteiger partial charge < -0.3 is 0 Å². The van der Waals surface area contributed by atoms with Crippen molar-refractivity contribution in [2.45, 2.75) is 51.9 Å². The van der Waals surface area contributed by atoms with Crippen LogP contribution in [0.1, 0.15) is 51.9 Å². The molecular weight excluding hydrogens is 252 g/mol. The predicted octanol–water partition coefficient (Wildman–Crippen LogP) is 6.21. The van der Waals surface area contributed by atoms with Crippen molar-refractivity contribution in [2.24, 2.45) is 5.92 Å². The van der Waals surface area contributed by atoms with Crippen molar-refractivity contribution in [1.29, 1.82) is 0 Å². The van der Waals surface area contributed by atoms with Gasteiger partial charge in [-0.25, -0.2) is 0 Å². The molecule has 3 rings (SSSR count). The Morgan fingerprint density at radius 1 is 1.14 bits per heavy atom. The molecule has 3 aliphatic carbocycles. The van der Waals surface area contributed by atoms with Gasteiger partial charge in [0.25, 0.3) is 0 Å². The van der Waals surface area contributed by atoms with E-state index in [0.717, 1.165) is 12.3 Å². The second-order valence-corrected chi connectivity index (χ2v) is 6.48. The first-order valence-electron chi connectivity index (χ1n) is 8.38. The Balaban J connectivity index is 1.70. The molecule has 0 nitrogen and oxygen atoms in total. The second kappa shape index (κ2) is 6.47. The minimum atomic E-state index is 0.933. The van der Waals surface area contributed by atoms with E-state index in [0.29, 0.717) is 0 Å². The molecule has 0 N–H and O–H groups in total. The standard InChI is InChI=1S/C21H26/c1-3-18(15-17-9-10-17)16(2)19-11-13-21(14-12-19)20-7-5-4-6-8-20/h3-5,7,11,13,17H,2,6,8-10,12,14-15H2,1H3. The molecule has 3 aliphatic rings. The molecule has 0 spiro atoms. The van der Waals surface area contributed by atoms with E-state index in [9.17, 15) is 0 Å². The molecule has 0 aromatic heterocycles. The fraction of sp³-hybridized carbons (Fsp3) is 0.429. The Bertz CT molecular complexity index is 571. The summed E-state index contributed by atoms with van der Waals surface area (Å²) in [6, 6.07) is 0. The van der Waals surface area contributed by atoms with Crippen LogP contribution in [0.5, 0.6) is 0 Å². The summed E-state index contributed by atoms with van der Waals surface area (Å²) in [5, 5.41) is 0. The van der Waals surface area contributed by atoms with Crippen LogP contribution >= 0.6 is 0 Å². The van der Waals surface area contributed by atoms with E-state index in [1.165, 1.54) is 66.4 Å². The van der Waals surface area contributed by atoms with Crippen LogP contribution in [0.15, 0.2) is 70.9 Å². The van der Waals surface area contributed by atoms with Crippen molar-refractivity contribution in [1.82, 2.24) is 0 Å². The summed E-state index contributed by atoms with van der Waals surface area (Å²) in [5.74, 6) is 0.933. The lowest BCUT2D eigenvalue weighted by Crippen LogP contribution is -2.02. The van der Waals surface area contributed by atoms with Crippen molar-refractivity contribution in [3.05, 3.63) is 70.9 Å². The quantitative estimate of drug-likeness (QED) is 0.524. The van der Waals surface area contributed by atoms with Gasteiger partial charge in [0.05, 0.1) is 0 Å². The summed E-state index contributed by atoms with van der Waals surface area (Å²) in [6.07, 6.45) is 22.4. The van der Waals surface area contributed by atoms with Gasteiger partial charge in [-0.1, -0.05) is 43.0 Å². The van der Waals surface area contributed by atoms with Gasteiger partial charge >= 0.3 is 0 Å². The third-order valence-electron chi connectivity index (χ3n) is 4.90. The van der Waals surface area contributed by atoms with Gasteiger partial charge in [-0.05, 0) is 85.7 Å². The van der Waals surface area contributed by atoms with Gasteiger partial charge in [-0.2, -0.15) is 0 Å². The largest absolute Gasteiger partial charge is 0.0912 e. The molecule has 0 unspecified atom stereocenters. The highest BCUT2D eigenvalue weighted by molar-refractivity contribution is 5.50. The van der Waals surface area contributed by atoms with E-state index in [4.69, 9.17) is 0 Å². The molecule has 1 saturated carbocycles. The molecule has 0 aliphatic heterocycles. The maximum absolute atomic E-state index is 4.38. The molecule has 0 aromatic rings. The van der Waals surface area contributed by atoms with Crippen molar-refractivity contribution in [3.8, 4) is 0 Å². The molecular formula is C21H26.